The van der Waals surface area contributed by atoms with Crippen LogP contribution in [0.15, 0.2) is 72.8 Å². The molecule has 6 nitrogen and oxygen atoms in total. The third-order valence-corrected chi connectivity index (χ3v) is 4.95. The third-order valence-electron chi connectivity index (χ3n) is 4.95. The predicted molar refractivity (Wildman–Crippen MR) is 116 cm³/mol. The zero-order chi connectivity index (χ0) is 20.9. The minimum atomic E-state index is -0.341. The highest BCUT2D eigenvalue weighted by Crippen LogP contribution is 2.25. The maximum atomic E-state index is 12.3. The number of amides is 3. The molecule has 0 saturated carbocycles. The average Bonchev–Trinajstić information content (AvgIpc) is 2.78. The van der Waals surface area contributed by atoms with Crippen molar-refractivity contribution in [3.63, 3.8) is 0 Å². The second kappa shape index (κ2) is 8.61. The van der Waals surface area contributed by atoms with Crippen LogP contribution in [-0.4, -0.2) is 24.3 Å². The van der Waals surface area contributed by atoms with Crippen LogP contribution in [-0.2, 0) is 16.0 Å². The first-order chi connectivity index (χ1) is 14.6. The molecule has 0 bridgehead atoms. The van der Waals surface area contributed by atoms with Crippen LogP contribution in [0.3, 0.4) is 0 Å². The van der Waals surface area contributed by atoms with E-state index in [9.17, 15) is 14.4 Å². The van der Waals surface area contributed by atoms with Crippen LogP contribution in [0.4, 0.5) is 11.4 Å². The molecule has 3 amide bonds. The van der Waals surface area contributed by atoms with Gasteiger partial charge in [0.15, 0.2) is 0 Å². The Morgan fingerprint density at radius 3 is 2.37 bits per heavy atom. The molecule has 3 aromatic rings. The van der Waals surface area contributed by atoms with Crippen LogP contribution in [0.25, 0.3) is 11.1 Å². The summed E-state index contributed by atoms with van der Waals surface area (Å²) in [6.07, 6.45) is 1.16. The quantitative estimate of drug-likeness (QED) is 0.613. The Bertz CT molecular complexity index is 1090. The minimum Gasteiger partial charge on any atom is -0.343 e. The summed E-state index contributed by atoms with van der Waals surface area (Å²) in [6, 6.07) is 22.5. The van der Waals surface area contributed by atoms with Crippen molar-refractivity contribution in [3.05, 3.63) is 83.9 Å². The smallest absolute Gasteiger partial charge is 0.251 e. The molecule has 0 atom stereocenters. The average molecular weight is 399 g/mol. The van der Waals surface area contributed by atoms with Crippen molar-refractivity contribution >= 4 is 29.1 Å². The third kappa shape index (κ3) is 4.55. The number of aryl methyl sites for hydroxylation is 1. The van der Waals surface area contributed by atoms with Crippen molar-refractivity contribution in [1.29, 1.82) is 0 Å². The lowest BCUT2D eigenvalue weighted by atomic mass is 10.0. The normalized spacial score (nSPS) is 12.5. The first kappa shape index (κ1) is 19.4. The number of rotatable bonds is 5. The van der Waals surface area contributed by atoms with E-state index < -0.39 is 0 Å². The highest BCUT2D eigenvalue weighted by atomic mass is 16.2. The fourth-order valence-electron chi connectivity index (χ4n) is 3.36. The van der Waals surface area contributed by atoms with E-state index in [2.05, 4.69) is 16.0 Å². The van der Waals surface area contributed by atoms with Crippen LogP contribution >= 0.6 is 0 Å². The number of fused-ring (bicyclic) bond motifs is 1. The Morgan fingerprint density at radius 1 is 0.867 bits per heavy atom. The molecule has 1 aliphatic heterocycles. The Morgan fingerprint density at radius 2 is 1.60 bits per heavy atom. The van der Waals surface area contributed by atoms with E-state index in [0.29, 0.717) is 29.8 Å². The van der Waals surface area contributed by atoms with E-state index in [1.807, 2.05) is 48.5 Å². The topological polar surface area (TPSA) is 87.3 Å². The second-order valence-electron chi connectivity index (χ2n) is 7.09. The van der Waals surface area contributed by atoms with Crippen molar-refractivity contribution in [2.24, 2.45) is 0 Å². The van der Waals surface area contributed by atoms with Gasteiger partial charge in [-0.1, -0.05) is 48.5 Å². The number of nitrogens with one attached hydrogen (secondary N) is 3. The van der Waals surface area contributed by atoms with Gasteiger partial charge in [0.25, 0.3) is 5.91 Å². The first-order valence-corrected chi connectivity index (χ1v) is 9.75. The molecule has 0 aromatic heterocycles. The zero-order valence-corrected chi connectivity index (χ0v) is 16.3. The highest BCUT2D eigenvalue weighted by molar-refractivity contribution is 6.00. The van der Waals surface area contributed by atoms with Crippen molar-refractivity contribution < 1.29 is 14.4 Å². The number of carbonyl (C=O) groups excluding carboxylic acids is 3. The summed E-state index contributed by atoms with van der Waals surface area (Å²) < 4.78 is 0. The Labute approximate surface area is 174 Å². The van der Waals surface area contributed by atoms with Gasteiger partial charge >= 0.3 is 0 Å². The van der Waals surface area contributed by atoms with E-state index in [-0.39, 0.29) is 24.3 Å². The van der Waals surface area contributed by atoms with Crippen molar-refractivity contribution in [2.75, 3.05) is 17.2 Å². The monoisotopic (exact) mass is 399 g/mol. The number of anilines is 2. The predicted octanol–water partition coefficient (Wildman–Crippen LogP) is 3.61. The molecule has 0 fully saturated rings. The summed E-state index contributed by atoms with van der Waals surface area (Å²) in [6.45, 7) is -0.150. The number of hydrogen-bond donors (Lipinski definition) is 3. The molecule has 3 aromatic carbocycles. The van der Waals surface area contributed by atoms with E-state index in [4.69, 9.17) is 0 Å². The molecule has 4 rings (SSSR count). The molecule has 30 heavy (non-hydrogen) atoms. The summed E-state index contributed by atoms with van der Waals surface area (Å²) in [5.41, 5.74) is 4.90. The lowest BCUT2D eigenvalue weighted by Gasteiger charge is -2.17. The Balaban J connectivity index is 1.32. The largest absolute Gasteiger partial charge is 0.343 e. The van der Waals surface area contributed by atoms with E-state index in [0.717, 1.165) is 16.7 Å². The molecule has 0 unspecified atom stereocenters. The fourth-order valence-corrected chi connectivity index (χ4v) is 3.36. The summed E-state index contributed by atoms with van der Waals surface area (Å²) in [4.78, 5) is 36.1. The summed E-state index contributed by atoms with van der Waals surface area (Å²) in [7, 11) is 0. The van der Waals surface area contributed by atoms with Gasteiger partial charge in [-0.05, 0) is 47.4 Å². The summed E-state index contributed by atoms with van der Waals surface area (Å²) in [5.74, 6) is -0.690. The Kier molecular flexibility index (Phi) is 5.57. The SMILES string of the molecule is O=C(CNC(=O)c1ccc(-c2ccccc2)cc1)Nc1ccc2c(c1)NC(=O)CC2. The molecule has 6 heteroatoms. The van der Waals surface area contributed by atoms with E-state index in [1.165, 1.54) is 0 Å². The lowest BCUT2D eigenvalue weighted by Crippen LogP contribution is -2.32. The molecule has 0 saturated heterocycles. The summed E-state index contributed by atoms with van der Waals surface area (Å²) in [5, 5.41) is 8.17. The molecule has 1 heterocycles. The van der Waals surface area contributed by atoms with Crippen molar-refractivity contribution in [3.8, 4) is 11.1 Å². The zero-order valence-electron chi connectivity index (χ0n) is 16.3. The van der Waals surface area contributed by atoms with Gasteiger partial charge in [-0.2, -0.15) is 0 Å². The van der Waals surface area contributed by atoms with Gasteiger partial charge in [0.2, 0.25) is 11.8 Å². The molecule has 1 aliphatic rings. The van der Waals surface area contributed by atoms with E-state index >= 15 is 0 Å². The lowest BCUT2D eigenvalue weighted by molar-refractivity contribution is -0.116. The maximum absolute atomic E-state index is 12.3. The first-order valence-electron chi connectivity index (χ1n) is 9.75. The van der Waals surface area contributed by atoms with E-state index in [1.54, 1.807) is 24.3 Å². The van der Waals surface area contributed by atoms with Gasteiger partial charge in [-0.3, -0.25) is 14.4 Å². The number of hydrogen-bond acceptors (Lipinski definition) is 3. The van der Waals surface area contributed by atoms with Crippen LogP contribution in [0.1, 0.15) is 22.3 Å². The van der Waals surface area contributed by atoms with Gasteiger partial charge < -0.3 is 16.0 Å². The molecule has 0 aliphatic carbocycles. The highest BCUT2D eigenvalue weighted by Gasteiger charge is 2.15. The Hall–Kier alpha value is -3.93. The van der Waals surface area contributed by atoms with Crippen LogP contribution in [0.2, 0.25) is 0 Å². The molecular formula is C24H21N3O3. The number of carbonyl (C=O) groups is 3. The number of benzene rings is 3. The minimum absolute atomic E-state index is 0.0310. The van der Waals surface area contributed by atoms with Gasteiger partial charge in [0, 0.05) is 23.4 Å². The maximum Gasteiger partial charge on any atom is 0.251 e. The molecule has 0 radical (unpaired) electrons. The summed E-state index contributed by atoms with van der Waals surface area (Å²) >= 11 is 0. The molecular weight excluding hydrogens is 378 g/mol. The van der Waals surface area contributed by atoms with Gasteiger partial charge in [-0.25, -0.2) is 0 Å². The van der Waals surface area contributed by atoms with Crippen LogP contribution in [0.5, 0.6) is 0 Å². The molecule has 3 N–H and O–H groups in total. The standard InChI is InChI=1S/C24H21N3O3/c28-22-13-11-18-10-12-20(14-21(18)27-22)26-23(29)15-25-24(30)19-8-6-17(7-9-19)16-4-2-1-3-5-16/h1-10,12,14H,11,13,15H2,(H,25,30)(H,26,29)(H,27,28). The van der Waals surface area contributed by atoms with Gasteiger partial charge in [-0.15, -0.1) is 0 Å². The van der Waals surface area contributed by atoms with Crippen LogP contribution < -0.4 is 16.0 Å². The van der Waals surface area contributed by atoms with Crippen molar-refractivity contribution in [1.82, 2.24) is 5.32 Å². The molecule has 0 spiro atoms. The molecule has 150 valence electrons. The van der Waals surface area contributed by atoms with Crippen LogP contribution in [0, 0.1) is 0 Å². The second-order valence-corrected chi connectivity index (χ2v) is 7.09. The van der Waals surface area contributed by atoms with Crippen molar-refractivity contribution in [2.45, 2.75) is 12.8 Å². The fraction of sp³-hybridized carbons (Fsp3) is 0.125. The van der Waals surface area contributed by atoms with Gasteiger partial charge in [0.05, 0.1) is 6.54 Å². The van der Waals surface area contributed by atoms with Gasteiger partial charge in [0.1, 0.15) is 0 Å².